The van der Waals surface area contributed by atoms with Gasteiger partial charge >= 0.3 is 0 Å². The highest BCUT2D eigenvalue weighted by Crippen LogP contribution is 2.33. The van der Waals surface area contributed by atoms with E-state index in [2.05, 4.69) is 9.71 Å². The first-order valence-electron chi connectivity index (χ1n) is 10.9. The van der Waals surface area contributed by atoms with E-state index in [1.54, 1.807) is 49.8 Å². The van der Waals surface area contributed by atoms with E-state index in [0.717, 1.165) is 41.9 Å². The van der Waals surface area contributed by atoms with E-state index in [9.17, 15) is 8.42 Å². The number of sulfonamides is 1. The minimum atomic E-state index is -3.67. The zero-order chi connectivity index (χ0) is 22.4. The Balaban J connectivity index is 1.48. The van der Waals surface area contributed by atoms with Crippen molar-refractivity contribution in [1.82, 2.24) is 4.98 Å². The molecular formula is C25H28N2O4S. The molecule has 6 nitrogen and oxygen atoms in total. The highest BCUT2D eigenvalue weighted by molar-refractivity contribution is 7.92. The first kappa shape index (κ1) is 22.1. The van der Waals surface area contributed by atoms with Gasteiger partial charge in [0.15, 0.2) is 11.5 Å². The lowest BCUT2D eigenvalue weighted by molar-refractivity contribution is 0.200. The van der Waals surface area contributed by atoms with Gasteiger partial charge in [-0.05, 0) is 80.0 Å². The van der Waals surface area contributed by atoms with Crippen molar-refractivity contribution < 1.29 is 17.9 Å². The molecule has 3 aromatic rings. The molecule has 0 aliphatic heterocycles. The van der Waals surface area contributed by atoms with Gasteiger partial charge in [-0.25, -0.2) is 8.42 Å². The lowest BCUT2D eigenvalue weighted by Gasteiger charge is -2.17. The SMILES string of the molecule is COc1ccc(CCc2ccncc2NS(=O)(=O)c2ccccc2)cc1OC1CCCC1. The van der Waals surface area contributed by atoms with Crippen molar-refractivity contribution >= 4 is 15.7 Å². The minimum absolute atomic E-state index is 0.221. The molecule has 1 heterocycles. The van der Waals surface area contributed by atoms with Gasteiger partial charge in [-0.1, -0.05) is 24.3 Å². The maximum atomic E-state index is 12.7. The molecule has 4 rings (SSSR count). The van der Waals surface area contributed by atoms with Gasteiger partial charge in [0.1, 0.15) is 0 Å². The third-order valence-corrected chi connectivity index (χ3v) is 7.10. The molecule has 0 saturated heterocycles. The summed E-state index contributed by atoms with van der Waals surface area (Å²) in [4.78, 5) is 4.33. The number of aromatic nitrogens is 1. The zero-order valence-electron chi connectivity index (χ0n) is 18.2. The van der Waals surface area contributed by atoms with Crippen LogP contribution in [0.2, 0.25) is 0 Å². The van der Waals surface area contributed by atoms with Crippen LogP contribution in [0.5, 0.6) is 11.5 Å². The molecule has 168 valence electrons. The number of pyridine rings is 1. The highest BCUT2D eigenvalue weighted by Gasteiger charge is 2.19. The summed E-state index contributed by atoms with van der Waals surface area (Å²) < 4.78 is 39.8. The summed E-state index contributed by atoms with van der Waals surface area (Å²) in [6, 6.07) is 16.2. The summed E-state index contributed by atoms with van der Waals surface area (Å²) in [5, 5.41) is 0. The molecule has 7 heteroatoms. The third-order valence-electron chi connectivity index (χ3n) is 5.72. The third kappa shape index (κ3) is 5.40. The van der Waals surface area contributed by atoms with Crippen molar-refractivity contribution in [3.8, 4) is 11.5 Å². The molecule has 1 fully saturated rings. The van der Waals surface area contributed by atoms with Crippen molar-refractivity contribution in [1.29, 1.82) is 0 Å². The van der Waals surface area contributed by atoms with E-state index in [0.29, 0.717) is 12.1 Å². The number of nitrogens with one attached hydrogen (secondary N) is 1. The van der Waals surface area contributed by atoms with Crippen LogP contribution in [0.1, 0.15) is 36.8 Å². The number of aryl methyl sites for hydroxylation is 2. The van der Waals surface area contributed by atoms with Gasteiger partial charge in [0.05, 0.1) is 30.0 Å². The molecule has 0 bridgehead atoms. The first-order chi connectivity index (χ1) is 15.5. The van der Waals surface area contributed by atoms with Crippen LogP contribution in [0, 0.1) is 0 Å². The number of methoxy groups -OCH3 is 1. The predicted octanol–water partition coefficient (Wildman–Crippen LogP) is 5.00. The van der Waals surface area contributed by atoms with Crippen LogP contribution in [0.3, 0.4) is 0 Å². The molecule has 1 aliphatic carbocycles. The Morgan fingerprint density at radius 2 is 1.78 bits per heavy atom. The molecule has 1 aliphatic rings. The number of benzene rings is 2. The van der Waals surface area contributed by atoms with Gasteiger partial charge in [-0.3, -0.25) is 9.71 Å². The van der Waals surface area contributed by atoms with Crippen LogP contribution in [-0.2, 0) is 22.9 Å². The molecule has 1 aromatic heterocycles. The molecule has 32 heavy (non-hydrogen) atoms. The summed E-state index contributed by atoms with van der Waals surface area (Å²) >= 11 is 0. The Kier molecular flexibility index (Phi) is 6.95. The Bertz CT molecular complexity index is 1140. The number of ether oxygens (including phenoxy) is 2. The smallest absolute Gasteiger partial charge is 0.261 e. The van der Waals surface area contributed by atoms with Crippen LogP contribution < -0.4 is 14.2 Å². The van der Waals surface area contributed by atoms with Crippen LogP contribution in [0.15, 0.2) is 71.9 Å². The maximum absolute atomic E-state index is 12.7. The van der Waals surface area contributed by atoms with Gasteiger partial charge in [0.2, 0.25) is 0 Å². The predicted molar refractivity (Wildman–Crippen MR) is 125 cm³/mol. The highest BCUT2D eigenvalue weighted by atomic mass is 32.2. The van der Waals surface area contributed by atoms with Gasteiger partial charge in [0, 0.05) is 6.20 Å². The van der Waals surface area contributed by atoms with Crippen molar-refractivity contribution in [2.45, 2.75) is 49.5 Å². The van der Waals surface area contributed by atoms with Crippen LogP contribution in [0.4, 0.5) is 5.69 Å². The molecule has 0 amide bonds. The topological polar surface area (TPSA) is 77.5 Å². The van der Waals surface area contributed by atoms with Crippen molar-refractivity contribution in [3.05, 3.63) is 78.1 Å². The monoisotopic (exact) mass is 452 g/mol. The summed E-state index contributed by atoms with van der Waals surface area (Å²) in [5.41, 5.74) is 2.48. The van der Waals surface area contributed by atoms with Gasteiger partial charge in [0.25, 0.3) is 10.0 Å². The van der Waals surface area contributed by atoms with E-state index in [-0.39, 0.29) is 11.0 Å². The fraction of sp³-hybridized carbons (Fsp3) is 0.320. The van der Waals surface area contributed by atoms with Crippen LogP contribution >= 0.6 is 0 Å². The largest absolute Gasteiger partial charge is 0.493 e. The lowest BCUT2D eigenvalue weighted by atomic mass is 10.0. The van der Waals surface area contributed by atoms with E-state index < -0.39 is 10.0 Å². The van der Waals surface area contributed by atoms with Crippen LogP contribution in [-0.4, -0.2) is 26.6 Å². The summed E-state index contributed by atoms with van der Waals surface area (Å²) in [7, 11) is -2.02. The van der Waals surface area contributed by atoms with Gasteiger partial charge in [-0.2, -0.15) is 0 Å². The van der Waals surface area contributed by atoms with Crippen molar-refractivity contribution in [3.63, 3.8) is 0 Å². The Labute approximate surface area is 189 Å². The Morgan fingerprint density at radius 3 is 2.53 bits per heavy atom. The number of hydrogen-bond acceptors (Lipinski definition) is 5. The molecule has 2 aromatic carbocycles. The fourth-order valence-corrected chi connectivity index (χ4v) is 5.08. The second-order valence-corrected chi connectivity index (χ2v) is 9.64. The average molecular weight is 453 g/mol. The van der Waals surface area contributed by atoms with E-state index >= 15 is 0 Å². The average Bonchev–Trinajstić information content (AvgIpc) is 3.32. The zero-order valence-corrected chi connectivity index (χ0v) is 19.0. The summed E-state index contributed by atoms with van der Waals surface area (Å²) in [6.45, 7) is 0. The van der Waals surface area contributed by atoms with Crippen molar-refractivity contribution in [2.24, 2.45) is 0 Å². The molecule has 0 spiro atoms. The number of rotatable bonds is 9. The Hall–Kier alpha value is -3.06. The minimum Gasteiger partial charge on any atom is -0.493 e. The van der Waals surface area contributed by atoms with E-state index in [1.807, 2.05) is 24.3 Å². The molecule has 1 saturated carbocycles. The number of hydrogen-bond donors (Lipinski definition) is 1. The quantitative estimate of drug-likeness (QED) is 0.494. The first-order valence-corrected chi connectivity index (χ1v) is 12.4. The summed E-state index contributed by atoms with van der Waals surface area (Å²) in [5.74, 6) is 1.51. The molecule has 0 atom stereocenters. The molecular weight excluding hydrogens is 424 g/mol. The second kappa shape index (κ2) is 10.0. The molecule has 0 unspecified atom stereocenters. The second-order valence-electron chi connectivity index (χ2n) is 7.96. The van der Waals surface area contributed by atoms with E-state index in [4.69, 9.17) is 9.47 Å². The van der Waals surface area contributed by atoms with Gasteiger partial charge in [-0.15, -0.1) is 0 Å². The van der Waals surface area contributed by atoms with Crippen LogP contribution in [0.25, 0.3) is 0 Å². The van der Waals surface area contributed by atoms with Crippen molar-refractivity contribution in [2.75, 3.05) is 11.8 Å². The standard InChI is InChI=1S/C25H28N2O4S/c1-30-24-14-12-19(17-25(24)31-21-7-5-6-8-21)11-13-20-15-16-26-18-23(20)27-32(28,29)22-9-3-2-4-10-22/h2-4,9-10,12,14-18,21,27H,5-8,11,13H2,1H3. The normalized spacial score (nSPS) is 14.3. The van der Waals surface area contributed by atoms with Gasteiger partial charge < -0.3 is 9.47 Å². The Morgan fingerprint density at radius 1 is 1.00 bits per heavy atom. The summed E-state index contributed by atoms with van der Waals surface area (Å²) in [6.07, 6.45) is 9.44. The number of nitrogens with zero attached hydrogens (tertiary/aromatic N) is 1. The maximum Gasteiger partial charge on any atom is 0.261 e. The molecule has 0 radical (unpaired) electrons. The van der Waals surface area contributed by atoms with E-state index in [1.165, 1.54) is 12.8 Å². The molecule has 1 N–H and O–H groups in total. The number of anilines is 1. The lowest BCUT2D eigenvalue weighted by Crippen LogP contribution is -2.14. The fourth-order valence-electron chi connectivity index (χ4n) is 3.97.